The third-order valence-corrected chi connectivity index (χ3v) is 3.70. The highest BCUT2D eigenvalue weighted by Gasteiger charge is 2.22. The topological polar surface area (TPSA) is 73.8 Å². The summed E-state index contributed by atoms with van der Waals surface area (Å²) in [6.07, 6.45) is 0.551. The summed E-state index contributed by atoms with van der Waals surface area (Å²) in [7, 11) is 0. The number of hydrogen-bond donors (Lipinski definition) is 3. The Balaban J connectivity index is 1.76. The lowest BCUT2D eigenvalue weighted by molar-refractivity contribution is -0.138. The smallest absolute Gasteiger partial charge is 0.333 e. The Morgan fingerprint density at radius 1 is 1.25 bits per heavy atom. The van der Waals surface area contributed by atoms with Crippen molar-refractivity contribution >= 4 is 23.0 Å². The number of nitrogens with one attached hydrogen (secondary N) is 2. The number of esters is 1. The number of nitrogens with zero attached hydrogens (tertiary/aromatic N) is 1. The second-order valence-corrected chi connectivity index (χ2v) is 5.58. The van der Waals surface area contributed by atoms with Gasteiger partial charge in [0.15, 0.2) is 0 Å². The van der Waals surface area contributed by atoms with Gasteiger partial charge in [0, 0.05) is 12.0 Å². The van der Waals surface area contributed by atoms with Gasteiger partial charge in [-0.05, 0) is 36.8 Å². The lowest BCUT2D eigenvalue weighted by Gasteiger charge is -2.20. The Morgan fingerprint density at radius 2 is 2.04 bits per heavy atom. The molecule has 0 saturated carbocycles. The van der Waals surface area contributed by atoms with E-state index in [0.717, 1.165) is 16.9 Å². The van der Waals surface area contributed by atoms with Crippen LogP contribution < -0.4 is 16.0 Å². The van der Waals surface area contributed by atoms with Crippen LogP contribution in [0.3, 0.4) is 0 Å². The van der Waals surface area contributed by atoms with E-state index in [1.807, 2.05) is 36.4 Å². The van der Waals surface area contributed by atoms with Gasteiger partial charge in [-0.25, -0.2) is 4.79 Å². The molecular weight excluding hydrogens is 306 g/mol. The van der Waals surface area contributed by atoms with Crippen molar-refractivity contribution < 1.29 is 14.6 Å². The minimum absolute atomic E-state index is 0.156. The molecule has 3 rings (SSSR count). The second kappa shape index (κ2) is 6.64. The maximum Gasteiger partial charge on any atom is 0.333 e. The van der Waals surface area contributed by atoms with Crippen molar-refractivity contribution in [3.63, 3.8) is 0 Å². The first-order valence-electron chi connectivity index (χ1n) is 7.61. The summed E-state index contributed by atoms with van der Waals surface area (Å²) >= 11 is 0. The van der Waals surface area contributed by atoms with E-state index in [1.54, 1.807) is 18.0 Å². The number of para-hydroxylation sites is 2. The normalized spacial score (nSPS) is 12.5. The first-order chi connectivity index (χ1) is 11.6. The fraction of sp³-hybridized carbons (Fsp3) is 0.167. The molecule has 0 atom stereocenters. The van der Waals surface area contributed by atoms with E-state index in [0.29, 0.717) is 17.7 Å². The molecule has 0 saturated heterocycles. The van der Waals surface area contributed by atoms with E-state index in [2.05, 4.69) is 17.5 Å². The van der Waals surface area contributed by atoms with Crippen LogP contribution in [0.25, 0.3) is 0 Å². The van der Waals surface area contributed by atoms with Gasteiger partial charge < -0.3 is 15.3 Å². The van der Waals surface area contributed by atoms with Crippen molar-refractivity contribution in [2.24, 2.45) is 0 Å². The molecule has 24 heavy (non-hydrogen) atoms. The molecule has 0 amide bonds. The number of anilines is 3. The highest BCUT2D eigenvalue weighted by atomic mass is 16.5. The average Bonchev–Trinajstić information content (AvgIpc) is 3.00. The number of aromatic hydroxyl groups is 1. The summed E-state index contributed by atoms with van der Waals surface area (Å²) in [5.41, 5.74) is 9.87. The van der Waals surface area contributed by atoms with Crippen LogP contribution >= 0.6 is 0 Å². The number of phenolic OH excluding ortho intramolecular Hbond substituents is 1. The van der Waals surface area contributed by atoms with Crippen LogP contribution in [0, 0.1) is 0 Å². The molecule has 0 spiro atoms. The number of rotatable bonds is 5. The maximum atomic E-state index is 11.4. The molecule has 1 heterocycles. The number of carbonyl (C=O) groups is 1. The van der Waals surface area contributed by atoms with Gasteiger partial charge in [0.1, 0.15) is 11.4 Å². The molecule has 0 unspecified atom stereocenters. The van der Waals surface area contributed by atoms with Crippen LogP contribution in [0.5, 0.6) is 5.75 Å². The van der Waals surface area contributed by atoms with Crippen molar-refractivity contribution in [2.45, 2.75) is 13.3 Å². The Kier molecular flexibility index (Phi) is 4.39. The number of fused-ring (bicyclic) bond motifs is 1. The maximum absolute atomic E-state index is 11.4. The summed E-state index contributed by atoms with van der Waals surface area (Å²) in [6.45, 7) is 5.43. The number of carbonyl (C=O) groups excluding carboxylic acids is 1. The van der Waals surface area contributed by atoms with Gasteiger partial charge in [-0.2, -0.15) is 0 Å². The fourth-order valence-electron chi connectivity index (χ4n) is 2.43. The Morgan fingerprint density at radius 3 is 2.83 bits per heavy atom. The van der Waals surface area contributed by atoms with Crippen molar-refractivity contribution in [3.8, 4) is 5.75 Å². The van der Waals surface area contributed by atoms with Gasteiger partial charge in [-0.3, -0.25) is 5.01 Å². The summed E-state index contributed by atoms with van der Waals surface area (Å²) in [6, 6.07) is 13.1. The van der Waals surface area contributed by atoms with Crippen molar-refractivity contribution in [2.75, 3.05) is 17.0 Å². The van der Waals surface area contributed by atoms with Crippen LogP contribution in [0.15, 0.2) is 54.6 Å². The highest BCUT2D eigenvalue weighted by Crippen LogP contribution is 2.38. The molecule has 0 aromatic heterocycles. The Labute approximate surface area is 140 Å². The van der Waals surface area contributed by atoms with Gasteiger partial charge in [0.05, 0.1) is 18.0 Å². The van der Waals surface area contributed by atoms with E-state index in [4.69, 9.17) is 4.74 Å². The molecule has 3 N–H and O–H groups in total. The van der Waals surface area contributed by atoms with E-state index < -0.39 is 5.97 Å². The SMILES string of the molecule is C=C(C)C(=O)OCCc1ccc(O)c(N2NNc3ccccc32)c1. The number of phenols is 1. The average molecular weight is 325 g/mol. The lowest BCUT2D eigenvalue weighted by atomic mass is 10.1. The molecule has 124 valence electrons. The largest absolute Gasteiger partial charge is 0.506 e. The van der Waals surface area contributed by atoms with Crippen LogP contribution in [0.1, 0.15) is 12.5 Å². The van der Waals surface area contributed by atoms with Crippen LogP contribution in [-0.2, 0) is 16.0 Å². The molecular formula is C18H19N3O3. The Hall–Kier alpha value is -2.99. The summed E-state index contributed by atoms with van der Waals surface area (Å²) in [5, 5.41) is 12.0. The van der Waals surface area contributed by atoms with Crippen molar-refractivity contribution in [1.82, 2.24) is 5.53 Å². The number of ether oxygens (including phenoxy) is 1. The first kappa shape index (κ1) is 15.9. The molecule has 1 aliphatic heterocycles. The third kappa shape index (κ3) is 3.18. The van der Waals surface area contributed by atoms with Gasteiger partial charge in [0.25, 0.3) is 0 Å². The van der Waals surface area contributed by atoms with E-state index in [-0.39, 0.29) is 12.4 Å². The number of benzene rings is 2. The minimum atomic E-state index is -0.395. The standard InChI is InChI=1S/C18H19N3O3/c1-12(2)18(23)24-10-9-13-7-8-17(22)16(11-13)21-15-6-4-3-5-14(15)19-20-21/h3-8,11,19-20,22H,1,9-10H2,2H3. The zero-order valence-corrected chi connectivity index (χ0v) is 13.4. The zero-order valence-electron chi connectivity index (χ0n) is 13.4. The predicted molar refractivity (Wildman–Crippen MR) is 92.9 cm³/mol. The van der Waals surface area contributed by atoms with Gasteiger partial charge >= 0.3 is 5.97 Å². The highest BCUT2D eigenvalue weighted by molar-refractivity contribution is 5.87. The molecule has 6 heteroatoms. The predicted octanol–water partition coefficient (Wildman–Crippen LogP) is 3.04. The zero-order chi connectivity index (χ0) is 17.1. The summed E-state index contributed by atoms with van der Waals surface area (Å²) in [5.74, 6) is -0.239. The minimum Gasteiger partial charge on any atom is -0.506 e. The van der Waals surface area contributed by atoms with E-state index in [9.17, 15) is 9.90 Å². The molecule has 1 aliphatic rings. The third-order valence-electron chi connectivity index (χ3n) is 3.70. The Bertz CT molecular complexity index is 789. The molecule has 0 fully saturated rings. The molecule has 2 aromatic rings. The molecule has 0 radical (unpaired) electrons. The van der Waals surface area contributed by atoms with Gasteiger partial charge in [0.2, 0.25) is 0 Å². The molecule has 0 aliphatic carbocycles. The lowest BCUT2D eigenvalue weighted by Crippen LogP contribution is -2.31. The van der Waals surface area contributed by atoms with Gasteiger partial charge in [-0.1, -0.05) is 24.8 Å². The molecule has 2 aromatic carbocycles. The van der Waals surface area contributed by atoms with E-state index in [1.165, 1.54) is 0 Å². The first-order valence-corrected chi connectivity index (χ1v) is 7.61. The number of hydrogen-bond acceptors (Lipinski definition) is 6. The monoisotopic (exact) mass is 325 g/mol. The second-order valence-electron chi connectivity index (χ2n) is 5.58. The molecule has 6 nitrogen and oxygen atoms in total. The van der Waals surface area contributed by atoms with Crippen LogP contribution in [0.4, 0.5) is 17.1 Å². The van der Waals surface area contributed by atoms with Crippen molar-refractivity contribution in [3.05, 3.63) is 60.2 Å². The quantitative estimate of drug-likeness (QED) is 0.580. The van der Waals surface area contributed by atoms with E-state index >= 15 is 0 Å². The van der Waals surface area contributed by atoms with Gasteiger partial charge in [-0.15, -0.1) is 5.53 Å². The fourth-order valence-corrected chi connectivity index (χ4v) is 2.43. The van der Waals surface area contributed by atoms with Crippen LogP contribution in [-0.4, -0.2) is 17.7 Å². The van der Waals surface area contributed by atoms with Crippen molar-refractivity contribution in [1.29, 1.82) is 0 Å². The van der Waals surface area contributed by atoms with Crippen LogP contribution in [0.2, 0.25) is 0 Å². The molecule has 0 bridgehead atoms. The summed E-state index contributed by atoms with van der Waals surface area (Å²) in [4.78, 5) is 11.4. The number of hydrazine groups is 2. The summed E-state index contributed by atoms with van der Waals surface area (Å²) < 4.78 is 5.12.